The molecule has 23 heavy (non-hydrogen) atoms. The van der Waals surface area contributed by atoms with Gasteiger partial charge in [-0.15, -0.1) is 0 Å². The van der Waals surface area contributed by atoms with Gasteiger partial charge in [0.05, 0.1) is 12.8 Å². The number of nitrogens with zero attached hydrogens (tertiary/aromatic N) is 1. The summed E-state index contributed by atoms with van der Waals surface area (Å²) in [4.78, 5) is 2.27. The molecule has 0 bridgehead atoms. The molecule has 3 rings (SSSR count). The number of benzene rings is 2. The summed E-state index contributed by atoms with van der Waals surface area (Å²) in [5.41, 5.74) is 3.73. The Morgan fingerprint density at radius 3 is 2.70 bits per heavy atom. The highest BCUT2D eigenvalue weighted by Gasteiger charge is 2.21. The first-order chi connectivity index (χ1) is 10.9. The highest BCUT2D eigenvalue weighted by molar-refractivity contribution is 7.92. The number of rotatable bonds is 4. The molecular weight excluding hydrogens is 312 g/mol. The number of fused-ring (bicyclic) bond motifs is 1. The maximum Gasteiger partial charge on any atom is 0.265 e. The summed E-state index contributed by atoms with van der Waals surface area (Å²) in [6.07, 6.45) is 0.991. The van der Waals surface area contributed by atoms with Crippen molar-refractivity contribution in [2.45, 2.75) is 18.2 Å². The zero-order valence-electron chi connectivity index (χ0n) is 13.5. The third-order valence-corrected chi connectivity index (χ3v) is 5.48. The normalized spacial score (nSPS) is 13.8. The van der Waals surface area contributed by atoms with Crippen molar-refractivity contribution in [2.24, 2.45) is 0 Å². The average molecular weight is 332 g/mol. The van der Waals surface area contributed by atoms with E-state index in [-0.39, 0.29) is 4.90 Å². The third kappa shape index (κ3) is 2.99. The van der Waals surface area contributed by atoms with Gasteiger partial charge in [-0.1, -0.05) is 12.1 Å². The third-order valence-electron chi connectivity index (χ3n) is 4.07. The molecule has 1 aliphatic rings. The number of nitrogens with one attached hydrogen (secondary N) is 1. The second-order valence-corrected chi connectivity index (χ2v) is 7.43. The molecule has 122 valence electrons. The fourth-order valence-corrected chi connectivity index (χ4v) is 4.11. The summed E-state index contributed by atoms with van der Waals surface area (Å²) in [6.45, 7) is 2.81. The number of anilines is 2. The quantitative estimate of drug-likeness (QED) is 0.935. The van der Waals surface area contributed by atoms with Gasteiger partial charge in [0.1, 0.15) is 10.6 Å². The van der Waals surface area contributed by atoms with Crippen LogP contribution in [-0.2, 0) is 16.4 Å². The Hall–Kier alpha value is -2.21. The molecule has 0 amide bonds. The van der Waals surface area contributed by atoms with E-state index in [1.165, 1.54) is 12.7 Å². The molecule has 6 heteroatoms. The highest BCUT2D eigenvalue weighted by atomic mass is 32.2. The maximum atomic E-state index is 12.7. The van der Waals surface area contributed by atoms with Crippen molar-refractivity contribution in [1.82, 2.24) is 0 Å². The van der Waals surface area contributed by atoms with Gasteiger partial charge in [-0.3, -0.25) is 4.72 Å². The van der Waals surface area contributed by atoms with Crippen molar-refractivity contribution >= 4 is 21.4 Å². The minimum atomic E-state index is -3.71. The van der Waals surface area contributed by atoms with Crippen LogP contribution in [0.1, 0.15) is 11.1 Å². The largest absolute Gasteiger partial charge is 0.495 e. The van der Waals surface area contributed by atoms with Gasteiger partial charge >= 0.3 is 0 Å². The number of aryl methyl sites for hydroxylation is 1. The van der Waals surface area contributed by atoms with Gasteiger partial charge in [-0.2, -0.15) is 0 Å². The molecule has 0 atom stereocenters. The number of sulfonamides is 1. The zero-order valence-corrected chi connectivity index (χ0v) is 14.3. The lowest BCUT2D eigenvalue weighted by Crippen LogP contribution is -2.15. The van der Waals surface area contributed by atoms with Gasteiger partial charge in [0.2, 0.25) is 0 Å². The Balaban J connectivity index is 1.96. The molecule has 0 fully saturated rings. The first-order valence-electron chi connectivity index (χ1n) is 7.42. The van der Waals surface area contributed by atoms with Gasteiger partial charge in [0.15, 0.2) is 0 Å². The molecule has 1 aliphatic heterocycles. The molecule has 0 unspecified atom stereocenters. The maximum absolute atomic E-state index is 12.7. The van der Waals surface area contributed by atoms with E-state index in [0.717, 1.165) is 24.2 Å². The van der Waals surface area contributed by atoms with Gasteiger partial charge in [0.25, 0.3) is 10.0 Å². The van der Waals surface area contributed by atoms with E-state index in [1.807, 2.05) is 32.2 Å². The number of methoxy groups -OCH3 is 1. The Labute approximate surface area is 136 Å². The lowest BCUT2D eigenvalue weighted by Gasteiger charge is -2.15. The SMILES string of the molecule is COc1ccc(C)cc1S(=O)(=O)Nc1ccc2c(c1)N(C)CC2. The molecular formula is C17H20N2O3S. The smallest absolute Gasteiger partial charge is 0.265 e. The highest BCUT2D eigenvalue weighted by Crippen LogP contribution is 2.32. The molecule has 2 aromatic rings. The Morgan fingerprint density at radius 1 is 1.17 bits per heavy atom. The van der Waals surface area contributed by atoms with Crippen molar-refractivity contribution in [1.29, 1.82) is 0 Å². The topological polar surface area (TPSA) is 58.6 Å². The minimum absolute atomic E-state index is 0.147. The number of hydrogen-bond acceptors (Lipinski definition) is 4. The minimum Gasteiger partial charge on any atom is -0.495 e. The van der Waals surface area contributed by atoms with Gasteiger partial charge < -0.3 is 9.64 Å². The van der Waals surface area contributed by atoms with Crippen molar-refractivity contribution in [3.63, 3.8) is 0 Å². The molecule has 0 saturated carbocycles. The monoisotopic (exact) mass is 332 g/mol. The molecule has 1 heterocycles. The summed E-state index contributed by atoms with van der Waals surface area (Å²) in [5, 5.41) is 0. The molecule has 5 nitrogen and oxygen atoms in total. The van der Waals surface area contributed by atoms with Crippen LogP contribution in [0, 0.1) is 6.92 Å². The number of likely N-dealkylation sites (N-methyl/N-ethyl adjacent to an activating group) is 1. The summed E-state index contributed by atoms with van der Waals surface area (Å²) in [7, 11) is -0.233. The van der Waals surface area contributed by atoms with Crippen LogP contribution in [0.25, 0.3) is 0 Å². The van der Waals surface area contributed by atoms with Gasteiger partial charge in [-0.05, 0) is 48.7 Å². The fourth-order valence-electron chi connectivity index (χ4n) is 2.81. The Kier molecular flexibility index (Phi) is 3.93. The molecule has 0 aromatic heterocycles. The Morgan fingerprint density at radius 2 is 1.96 bits per heavy atom. The van der Waals surface area contributed by atoms with E-state index in [2.05, 4.69) is 9.62 Å². The predicted molar refractivity (Wildman–Crippen MR) is 92.0 cm³/mol. The summed E-state index contributed by atoms with van der Waals surface area (Å²) in [5.74, 6) is 0.335. The zero-order chi connectivity index (χ0) is 16.6. The lowest BCUT2D eigenvalue weighted by atomic mass is 10.1. The van der Waals surface area contributed by atoms with Crippen LogP contribution in [0.4, 0.5) is 11.4 Å². The van der Waals surface area contributed by atoms with Crippen molar-refractivity contribution in [3.8, 4) is 5.75 Å². The van der Waals surface area contributed by atoms with Crippen LogP contribution >= 0.6 is 0 Å². The summed E-state index contributed by atoms with van der Waals surface area (Å²) < 4.78 is 33.3. The summed E-state index contributed by atoms with van der Waals surface area (Å²) in [6, 6.07) is 10.8. The average Bonchev–Trinajstić information content (AvgIpc) is 2.88. The second kappa shape index (κ2) is 5.77. The van der Waals surface area contributed by atoms with Crippen LogP contribution < -0.4 is 14.4 Å². The van der Waals surface area contributed by atoms with Crippen LogP contribution in [0.3, 0.4) is 0 Å². The van der Waals surface area contributed by atoms with E-state index < -0.39 is 10.0 Å². The number of hydrogen-bond donors (Lipinski definition) is 1. The van der Waals surface area contributed by atoms with E-state index in [4.69, 9.17) is 4.74 Å². The van der Waals surface area contributed by atoms with Crippen molar-refractivity contribution < 1.29 is 13.2 Å². The summed E-state index contributed by atoms with van der Waals surface area (Å²) >= 11 is 0. The Bertz CT molecular complexity index is 847. The molecule has 0 saturated heterocycles. The predicted octanol–water partition coefficient (Wildman–Crippen LogP) is 2.80. The van der Waals surface area contributed by atoms with Crippen molar-refractivity contribution in [3.05, 3.63) is 47.5 Å². The van der Waals surface area contributed by atoms with Crippen LogP contribution in [-0.4, -0.2) is 29.1 Å². The standard InChI is InChI=1S/C17H20N2O3S/c1-12-4-7-16(22-3)17(10-12)23(20,21)18-14-6-5-13-8-9-19(2)15(13)11-14/h4-7,10-11,18H,8-9H2,1-3H3. The second-order valence-electron chi connectivity index (χ2n) is 5.77. The van der Waals surface area contributed by atoms with E-state index in [1.54, 1.807) is 18.2 Å². The van der Waals surface area contributed by atoms with E-state index in [0.29, 0.717) is 11.4 Å². The van der Waals surface area contributed by atoms with Gasteiger partial charge in [-0.25, -0.2) is 8.42 Å². The van der Waals surface area contributed by atoms with E-state index >= 15 is 0 Å². The molecule has 0 spiro atoms. The van der Waals surface area contributed by atoms with Gasteiger partial charge in [0, 0.05) is 19.3 Å². The first-order valence-corrected chi connectivity index (χ1v) is 8.90. The fraction of sp³-hybridized carbons (Fsp3) is 0.294. The van der Waals surface area contributed by atoms with Crippen LogP contribution in [0.5, 0.6) is 5.75 Å². The molecule has 2 aromatic carbocycles. The lowest BCUT2D eigenvalue weighted by molar-refractivity contribution is 0.402. The molecule has 0 aliphatic carbocycles. The molecule has 1 N–H and O–H groups in total. The first kappa shape index (κ1) is 15.7. The van der Waals surface area contributed by atoms with Crippen LogP contribution in [0.15, 0.2) is 41.3 Å². The molecule has 0 radical (unpaired) electrons. The van der Waals surface area contributed by atoms with Crippen molar-refractivity contribution in [2.75, 3.05) is 30.3 Å². The van der Waals surface area contributed by atoms with Crippen LogP contribution in [0.2, 0.25) is 0 Å². The number of ether oxygens (including phenoxy) is 1. The van der Waals surface area contributed by atoms with E-state index in [9.17, 15) is 8.42 Å².